The Hall–Kier alpha value is -5.97. The van der Waals surface area contributed by atoms with E-state index in [0.717, 1.165) is 16.8 Å². The molecule has 6 rings (SSSR count). The fourth-order valence-electron chi connectivity index (χ4n) is 7.85. The van der Waals surface area contributed by atoms with Crippen LogP contribution in [0.3, 0.4) is 0 Å². The summed E-state index contributed by atoms with van der Waals surface area (Å²) in [4.78, 5) is 101. The Morgan fingerprint density at radius 2 is 1.72 bits per heavy atom. The van der Waals surface area contributed by atoms with E-state index < -0.39 is 35.5 Å². The number of hydrogen-bond donors (Lipinski definition) is 4. The first-order valence-corrected chi connectivity index (χ1v) is 21.0. The Bertz CT molecular complexity index is 2170. The molecular weight excluding hydrogens is 779 g/mol. The van der Waals surface area contributed by atoms with Gasteiger partial charge in [-0.25, -0.2) is 9.78 Å². The van der Waals surface area contributed by atoms with Crippen molar-refractivity contribution in [3.05, 3.63) is 65.1 Å². The normalized spacial score (nSPS) is 17.8. The van der Waals surface area contributed by atoms with Crippen molar-refractivity contribution in [3.8, 4) is 0 Å². The zero-order valence-electron chi connectivity index (χ0n) is 36.7. The maximum Gasteiger partial charge on any atom is 0.330 e. The van der Waals surface area contributed by atoms with Gasteiger partial charge in [-0.2, -0.15) is 4.98 Å². The minimum Gasteiger partial charge on any atom is -0.347 e. The van der Waals surface area contributed by atoms with Gasteiger partial charge < -0.3 is 25.8 Å². The van der Waals surface area contributed by atoms with Crippen molar-refractivity contribution in [3.63, 3.8) is 0 Å². The van der Waals surface area contributed by atoms with E-state index in [1.54, 1.807) is 61.5 Å². The summed E-state index contributed by atoms with van der Waals surface area (Å²) in [5.41, 5.74) is 2.90. The van der Waals surface area contributed by atoms with Crippen LogP contribution in [0, 0.1) is 25.7 Å². The predicted molar refractivity (Wildman–Crippen MR) is 231 cm³/mol. The number of hydrogen-bond acceptors (Lipinski definition) is 11. The molecule has 0 radical (unpaired) electrons. The van der Waals surface area contributed by atoms with Gasteiger partial charge in [0.15, 0.2) is 5.78 Å². The number of benzene rings is 1. The predicted octanol–water partition coefficient (Wildman–Crippen LogP) is 3.86. The second kappa shape index (κ2) is 18.3. The highest BCUT2D eigenvalue weighted by atomic mass is 16.2. The molecule has 1 saturated carbocycles. The first-order chi connectivity index (χ1) is 28.9. The summed E-state index contributed by atoms with van der Waals surface area (Å²) in [6.45, 7) is 11.9. The van der Waals surface area contributed by atoms with Gasteiger partial charge in [0.2, 0.25) is 29.6 Å². The summed E-state index contributed by atoms with van der Waals surface area (Å²) in [5, 5.41) is 12.1. The van der Waals surface area contributed by atoms with Gasteiger partial charge in [-0.15, -0.1) is 0 Å². The van der Waals surface area contributed by atoms with Crippen molar-refractivity contribution in [1.29, 1.82) is 0 Å². The molecule has 1 aliphatic carbocycles. The molecule has 6 amide bonds. The van der Waals surface area contributed by atoms with Gasteiger partial charge in [0.1, 0.15) is 23.4 Å². The molecule has 0 bridgehead atoms. The average molecular weight is 838 g/mol. The molecule has 2 fully saturated rings. The topological polar surface area (TPSA) is 202 Å². The van der Waals surface area contributed by atoms with Gasteiger partial charge >= 0.3 is 6.03 Å². The molecule has 3 aromatic rings. The number of carbonyl (C=O) groups is 6. The van der Waals surface area contributed by atoms with Gasteiger partial charge in [-0.3, -0.25) is 44.1 Å². The molecule has 61 heavy (non-hydrogen) atoms. The molecule has 17 heteroatoms. The minimum atomic E-state index is -1.13. The van der Waals surface area contributed by atoms with Crippen LogP contribution in [0.25, 0.3) is 0 Å². The maximum absolute atomic E-state index is 14.1. The van der Waals surface area contributed by atoms with Gasteiger partial charge in [0.05, 0.1) is 31.0 Å². The molecule has 4 heterocycles. The fourth-order valence-corrected chi connectivity index (χ4v) is 7.85. The number of ketones is 1. The van der Waals surface area contributed by atoms with E-state index in [9.17, 15) is 28.8 Å². The number of amides is 6. The van der Waals surface area contributed by atoms with Crippen molar-refractivity contribution in [2.45, 2.75) is 104 Å². The third-order valence-electron chi connectivity index (χ3n) is 11.5. The number of aromatic nitrogens is 3. The molecule has 326 valence electrons. The summed E-state index contributed by atoms with van der Waals surface area (Å²) in [5.74, 6) is -0.861. The molecule has 0 spiro atoms. The summed E-state index contributed by atoms with van der Waals surface area (Å²) in [7, 11) is 4.93. The van der Waals surface area contributed by atoms with Gasteiger partial charge in [-0.05, 0) is 81.5 Å². The lowest BCUT2D eigenvalue weighted by Crippen LogP contribution is -2.59. The Kier molecular flexibility index (Phi) is 13.4. The number of nitrogens with zero attached hydrogens (tertiary/aromatic N) is 7. The van der Waals surface area contributed by atoms with Crippen LogP contribution in [-0.2, 0) is 25.7 Å². The third kappa shape index (κ3) is 9.99. The average Bonchev–Trinajstić information content (AvgIpc) is 3.83. The summed E-state index contributed by atoms with van der Waals surface area (Å²) in [6.07, 6.45) is 5.73. The fraction of sp³-hybridized carbons (Fsp3) is 0.523. The Balaban J connectivity index is 1.09. The second-order valence-electron chi connectivity index (χ2n) is 17.5. The maximum atomic E-state index is 14.1. The van der Waals surface area contributed by atoms with Crippen LogP contribution in [0.5, 0.6) is 0 Å². The second-order valence-corrected chi connectivity index (χ2v) is 17.5. The molecule has 3 aliphatic rings. The number of aryl methyl sites for hydroxylation is 2. The number of anilines is 4. The molecule has 1 aromatic carbocycles. The quantitative estimate of drug-likeness (QED) is 0.153. The summed E-state index contributed by atoms with van der Waals surface area (Å²) >= 11 is 0. The Morgan fingerprint density at radius 1 is 0.984 bits per heavy atom. The summed E-state index contributed by atoms with van der Waals surface area (Å²) < 4.78 is 0. The number of pyridine rings is 1. The lowest BCUT2D eigenvalue weighted by atomic mass is 10.0. The monoisotopic (exact) mass is 837 g/mol. The van der Waals surface area contributed by atoms with Crippen molar-refractivity contribution in [2.75, 3.05) is 49.3 Å². The number of carbonyl (C=O) groups excluding carboxylic acids is 6. The standard InChI is InChI=1S/C44H59N11O6/c1-25(2)19-32(39(58)52(7)8)49-41(60)44(16-17-44)51-38(57)33-11-10-18-54(33)40(59)36(26(3)4)46-23-35(56)29-14-12-27(5)34(20-29)55-24-30-21-47-42(50-37(30)53(9)43(55)61)48-31-15-13-28(6)45-22-31/h12-15,20-22,25-26,32-33,36,46H,10-11,16-19,23-24H2,1-9H3,(H,49,60)(H,51,57)(H,47,48,50)/t32-,33+,36-/m0/s1. The molecule has 1 saturated heterocycles. The highest BCUT2D eigenvalue weighted by molar-refractivity contribution is 6.07. The van der Waals surface area contributed by atoms with Gasteiger partial charge in [-0.1, -0.05) is 39.8 Å². The lowest BCUT2D eigenvalue weighted by Gasteiger charge is -2.35. The number of urea groups is 1. The molecule has 2 aromatic heterocycles. The molecule has 4 N–H and O–H groups in total. The molecule has 17 nitrogen and oxygen atoms in total. The van der Waals surface area contributed by atoms with E-state index in [2.05, 4.69) is 36.2 Å². The number of Topliss-reactive ketones (excluding diaryl/α,β-unsaturated/α-hetero) is 1. The van der Waals surface area contributed by atoms with Crippen LogP contribution in [-0.4, -0.2) is 118 Å². The number of likely N-dealkylation sites (tertiary alicyclic amines) is 1. The van der Waals surface area contributed by atoms with Crippen molar-refractivity contribution in [2.24, 2.45) is 11.8 Å². The first-order valence-electron chi connectivity index (χ1n) is 21.0. The zero-order valence-corrected chi connectivity index (χ0v) is 36.7. The van der Waals surface area contributed by atoms with E-state index in [4.69, 9.17) is 0 Å². The van der Waals surface area contributed by atoms with Crippen LogP contribution in [0.15, 0.2) is 42.7 Å². The Morgan fingerprint density at radius 3 is 2.36 bits per heavy atom. The zero-order chi connectivity index (χ0) is 44.3. The number of nitrogens with one attached hydrogen (secondary N) is 4. The Labute approximate surface area is 357 Å². The highest BCUT2D eigenvalue weighted by Gasteiger charge is 2.53. The third-order valence-corrected chi connectivity index (χ3v) is 11.5. The largest absolute Gasteiger partial charge is 0.347 e. The van der Waals surface area contributed by atoms with Crippen LogP contribution in [0.4, 0.5) is 27.9 Å². The van der Waals surface area contributed by atoms with Crippen molar-refractivity contribution < 1.29 is 28.8 Å². The molecule has 3 atom stereocenters. The number of rotatable bonds is 16. The van der Waals surface area contributed by atoms with E-state index in [-0.39, 0.29) is 48.6 Å². The molecule has 2 aliphatic heterocycles. The minimum absolute atomic E-state index is 0.160. The number of likely N-dealkylation sites (N-methyl/N-ethyl adjacent to an activating group) is 1. The van der Waals surface area contributed by atoms with Gasteiger partial charge in [0.25, 0.3) is 0 Å². The first kappa shape index (κ1) is 44.6. The highest BCUT2D eigenvalue weighted by Crippen LogP contribution is 2.37. The van der Waals surface area contributed by atoms with Crippen molar-refractivity contribution >= 4 is 58.6 Å². The molecule has 0 unspecified atom stereocenters. The molecular formula is C44H59N11O6. The van der Waals surface area contributed by atoms with E-state index in [1.165, 1.54) is 9.80 Å². The number of fused-ring (bicyclic) bond motifs is 1. The van der Waals surface area contributed by atoms with E-state index in [0.29, 0.717) is 67.4 Å². The smallest absolute Gasteiger partial charge is 0.330 e. The van der Waals surface area contributed by atoms with Crippen LogP contribution < -0.4 is 31.1 Å². The summed E-state index contributed by atoms with van der Waals surface area (Å²) in [6, 6.07) is 6.34. The lowest BCUT2D eigenvalue weighted by molar-refractivity contribution is -0.142. The van der Waals surface area contributed by atoms with E-state index >= 15 is 0 Å². The van der Waals surface area contributed by atoms with Gasteiger partial charge in [0, 0.05) is 56.4 Å². The van der Waals surface area contributed by atoms with Crippen LogP contribution >= 0.6 is 0 Å². The van der Waals surface area contributed by atoms with E-state index in [1.807, 2.05) is 53.7 Å². The van der Waals surface area contributed by atoms with Crippen LogP contribution in [0.1, 0.15) is 87.0 Å². The van der Waals surface area contributed by atoms with Crippen molar-refractivity contribution in [1.82, 2.24) is 40.7 Å². The SMILES string of the molecule is Cc1ccc(Nc2ncc3c(n2)N(C)C(=O)N(c2cc(C(=O)CN[C@H](C(=O)N4CCC[C@@H]4C(=O)NC4(C(=O)N[C@@H](CC(C)C)C(=O)N(C)C)CC4)C(C)C)ccc2C)C3)cn1. The van der Waals surface area contributed by atoms with Crippen LogP contribution in [0.2, 0.25) is 0 Å².